The van der Waals surface area contributed by atoms with Gasteiger partial charge in [-0.2, -0.15) is 0 Å². The standard InChI is InChI=1S/C27H26F2N2O3/c1-30-23(16-6-5-7-16)14-31(17-8-3-2-4-9-17)18-10-11-19-20-13-21(27(32)33)25(28)26(29)22(20)15-34-24(19)12-18/h2-4,8-13,16,23,30H,5-7,14-15H2,1H3,(H,32,33)/t23-/m0/s1. The molecule has 34 heavy (non-hydrogen) atoms. The number of ether oxygens (including phenoxy) is 1. The molecule has 176 valence electrons. The highest BCUT2D eigenvalue weighted by molar-refractivity contribution is 5.91. The summed E-state index contributed by atoms with van der Waals surface area (Å²) in [6.07, 6.45) is 3.69. The number of anilines is 2. The number of nitrogens with zero attached hydrogens (tertiary/aromatic N) is 1. The zero-order valence-electron chi connectivity index (χ0n) is 18.9. The number of carbonyl (C=O) groups is 1. The third kappa shape index (κ3) is 3.90. The zero-order chi connectivity index (χ0) is 23.8. The third-order valence-corrected chi connectivity index (χ3v) is 7.01. The van der Waals surface area contributed by atoms with Crippen LogP contribution in [0.1, 0.15) is 35.2 Å². The number of hydrogen-bond acceptors (Lipinski definition) is 4. The van der Waals surface area contributed by atoms with Crippen molar-refractivity contribution in [1.82, 2.24) is 5.32 Å². The number of hydrogen-bond donors (Lipinski definition) is 2. The lowest BCUT2D eigenvalue weighted by molar-refractivity contribution is 0.0690. The van der Waals surface area contributed by atoms with E-state index in [-0.39, 0.29) is 12.2 Å². The molecule has 0 radical (unpaired) electrons. The van der Waals surface area contributed by atoms with Crippen molar-refractivity contribution in [2.24, 2.45) is 5.92 Å². The summed E-state index contributed by atoms with van der Waals surface area (Å²) < 4.78 is 34.6. The second-order valence-electron chi connectivity index (χ2n) is 8.88. The molecule has 0 amide bonds. The Balaban J connectivity index is 1.55. The van der Waals surface area contributed by atoms with E-state index in [4.69, 9.17) is 4.74 Å². The van der Waals surface area contributed by atoms with Crippen LogP contribution in [0.2, 0.25) is 0 Å². The smallest absolute Gasteiger partial charge is 0.338 e. The van der Waals surface area contributed by atoms with E-state index in [9.17, 15) is 18.7 Å². The molecule has 0 aromatic heterocycles. The van der Waals surface area contributed by atoms with Gasteiger partial charge < -0.3 is 20.1 Å². The lowest BCUT2D eigenvalue weighted by Gasteiger charge is -2.38. The Morgan fingerprint density at radius 2 is 1.85 bits per heavy atom. The number of rotatable bonds is 7. The van der Waals surface area contributed by atoms with E-state index in [1.807, 2.05) is 37.4 Å². The Morgan fingerprint density at radius 1 is 1.09 bits per heavy atom. The van der Waals surface area contributed by atoms with Crippen LogP contribution in [0, 0.1) is 17.6 Å². The van der Waals surface area contributed by atoms with Gasteiger partial charge in [-0.05, 0) is 61.7 Å². The summed E-state index contributed by atoms with van der Waals surface area (Å²) in [7, 11) is 1.99. The molecule has 1 fully saturated rings. The van der Waals surface area contributed by atoms with Crippen molar-refractivity contribution in [2.45, 2.75) is 31.9 Å². The van der Waals surface area contributed by atoms with Gasteiger partial charge in [-0.1, -0.05) is 24.6 Å². The first kappa shape index (κ1) is 22.3. The highest BCUT2D eigenvalue weighted by atomic mass is 19.2. The van der Waals surface area contributed by atoms with Gasteiger partial charge >= 0.3 is 5.97 Å². The first-order valence-electron chi connectivity index (χ1n) is 11.5. The fourth-order valence-corrected chi connectivity index (χ4v) is 4.85. The molecule has 5 nitrogen and oxygen atoms in total. The van der Waals surface area contributed by atoms with Crippen molar-refractivity contribution >= 4 is 17.3 Å². The quantitative estimate of drug-likeness (QED) is 0.466. The van der Waals surface area contributed by atoms with Gasteiger partial charge in [0, 0.05) is 41.2 Å². The minimum absolute atomic E-state index is 0.0305. The van der Waals surface area contributed by atoms with Crippen molar-refractivity contribution < 1.29 is 23.4 Å². The predicted octanol–water partition coefficient (Wildman–Crippen LogP) is 5.75. The van der Waals surface area contributed by atoms with Gasteiger partial charge in [0.25, 0.3) is 0 Å². The number of aromatic carboxylic acids is 1. The SMILES string of the molecule is CN[C@@H](CN(c1ccccc1)c1ccc2c(c1)OCc1c-2cc(C(=O)O)c(F)c1F)C1CCC1. The molecular weight excluding hydrogens is 438 g/mol. The second kappa shape index (κ2) is 9.06. The molecule has 1 aliphatic heterocycles. The fourth-order valence-electron chi connectivity index (χ4n) is 4.85. The van der Waals surface area contributed by atoms with Crippen molar-refractivity contribution in [3.8, 4) is 16.9 Å². The minimum Gasteiger partial charge on any atom is -0.488 e. The van der Waals surface area contributed by atoms with Gasteiger partial charge in [-0.25, -0.2) is 13.6 Å². The van der Waals surface area contributed by atoms with Crippen LogP contribution in [-0.2, 0) is 6.61 Å². The molecule has 3 aromatic carbocycles. The summed E-state index contributed by atoms with van der Waals surface area (Å²) in [6.45, 7) is 0.602. The van der Waals surface area contributed by atoms with E-state index in [2.05, 4.69) is 22.3 Å². The minimum atomic E-state index is -1.51. The largest absolute Gasteiger partial charge is 0.488 e. The zero-order valence-corrected chi connectivity index (χ0v) is 18.9. The summed E-state index contributed by atoms with van der Waals surface area (Å²) in [5.74, 6) is -2.90. The molecule has 0 unspecified atom stereocenters. The van der Waals surface area contributed by atoms with Crippen LogP contribution in [0.4, 0.5) is 20.2 Å². The highest BCUT2D eigenvalue weighted by Gasteiger charge is 2.30. The number of fused-ring (bicyclic) bond motifs is 3. The van der Waals surface area contributed by atoms with Crippen molar-refractivity contribution in [3.63, 3.8) is 0 Å². The summed E-state index contributed by atoms with van der Waals surface area (Å²) in [4.78, 5) is 13.7. The molecule has 1 saturated carbocycles. The number of nitrogens with one attached hydrogen (secondary N) is 1. The molecular formula is C27H26F2N2O3. The van der Waals surface area contributed by atoms with Crippen molar-refractivity contribution in [2.75, 3.05) is 18.5 Å². The molecule has 0 spiro atoms. The van der Waals surface area contributed by atoms with E-state index >= 15 is 0 Å². The summed E-state index contributed by atoms with van der Waals surface area (Å²) in [6, 6.07) is 17.2. The van der Waals surface area contributed by atoms with Crippen LogP contribution in [0.5, 0.6) is 5.75 Å². The Bertz CT molecular complexity index is 1230. The normalized spacial score (nSPS) is 15.5. The molecule has 2 N–H and O–H groups in total. The van der Waals surface area contributed by atoms with Gasteiger partial charge in [0.1, 0.15) is 12.4 Å². The summed E-state index contributed by atoms with van der Waals surface area (Å²) in [5, 5.41) is 12.8. The molecule has 1 aliphatic carbocycles. The number of benzene rings is 3. The van der Waals surface area contributed by atoms with Gasteiger partial charge in [0.05, 0.1) is 5.56 Å². The van der Waals surface area contributed by atoms with Crippen LogP contribution in [0.25, 0.3) is 11.1 Å². The molecule has 3 aromatic rings. The maximum atomic E-state index is 14.6. The number of carboxylic acid groups (broad SMARTS) is 1. The molecule has 5 rings (SSSR count). The number of likely N-dealkylation sites (N-methyl/N-ethyl adjacent to an activating group) is 1. The lowest BCUT2D eigenvalue weighted by Crippen LogP contribution is -2.45. The average Bonchev–Trinajstić information content (AvgIpc) is 2.82. The second-order valence-corrected chi connectivity index (χ2v) is 8.88. The van der Waals surface area contributed by atoms with Crippen LogP contribution in [0.3, 0.4) is 0 Å². The van der Waals surface area contributed by atoms with Crippen molar-refractivity contribution in [3.05, 3.63) is 77.4 Å². The number of halogens is 2. The third-order valence-electron chi connectivity index (χ3n) is 7.01. The van der Waals surface area contributed by atoms with Gasteiger partial charge in [-0.3, -0.25) is 0 Å². The Hall–Kier alpha value is -3.45. The molecule has 0 bridgehead atoms. The average molecular weight is 465 g/mol. The molecule has 1 heterocycles. The van der Waals surface area contributed by atoms with Gasteiger partial charge in [-0.15, -0.1) is 0 Å². The topological polar surface area (TPSA) is 61.8 Å². The van der Waals surface area contributed by atoms with Crippen LogP contribution in [0.15, 0.2) is 54.6 Å². The van der Waals surface area contributed by atoms with Crippen LogP contribution < -0.4 is 15.0 Å². The highest BCUT2D eigenvalue weighted by Crippen LogP contribution is 2.43. The lowest BCUT2D eigenvalue weighted by atomic mass is 9.79. The number of carboxylic acids is 1. The summed E-state index contributed by atoms with van der Waals surface area (Å²) in [5.41, 5.74) is 2.19. The number of para-hydroxylation sites is 1. The van der Waals surface area contributed by atoms with E-state index in [1.165, 1.54) is 25.3 Å². The Morgan fingerprint density at radius 3 is 2.50 bits per heavy atom. The summed E-state index contributed by atoms with van der Waals surface area (Å²) >= 11 is 0. The predicted molar refractivity (Wildman–Crippen MR) is 127 cm³/mol. The van der Waals surface area contributed by atoms with E-state index in [0.29, 0.717) is 28.8 Å². The van der Waals surface area contributed by atoms with Gasteiger partial charge in [0.2, 0.25) is 0 Å². The Labute approximate surface area is 197 Å². The van der Waals surface area contributed by atoms with Crippen molar-refractivity contribution in [1.29, 1.82) is 0 Å². The van der Waals surface area contributed by atoms with Crippen LogP contribution in [-0.4, -0.2) is 30.7 Å². The monoisotopic (exact) mass is 464 g/mol. The maximum absolute atomic E-state index is 14.6. The first-order chi connectivity index (χ1) is 16.5. The molecule has 2 aliphatic rings. The van der Waals surface area contributed by atoms with E-state index in [1.54, 1.807) is 6.07 Å². The first-order valence-corrected chi connectivity index (χ1v) is 11.5. The van der Waals surface area contributed by atoms with Gasteiger partial charge in [0.15, 0.2) is 11.6 Å². The Kier molecular flexibility index (Phi) is 5.96. The van der Waals surface area contributed by atoms with E-state index < -0.39 is 23.2 Å². The molecule has 7 heteroatoms. The van der Waals surface area contributed by atoms with Crippen LogP contribution >= 0.6 is 0 Å². The van der Waals surface area contributed by atoms with E-state index in [0.717, 1.165) is 17.9 Å². The fraction of sp³-hybridized carbons (Fsp3) is 0.296. The molecule has 1 atom stereocenters. The molecule has 0 saturated heterocycles. The maximum Gasteiger partial charge on any atom is 0.338 e.